The molecule has 1 nitrogen and oxygen atoms in total. The molecule has 80 valence electrons. The van der Waals surface area contributed by atoms with E-state index in [1.54, 1.807) is 0 Å². The Kier molecular flexibility index (Phi) is 6.88. The first kappa shape index (κ1) is 13.3. The molecule has 0 radical (unpaired) electrons. The maximum absolute atomic E-state index is 9.24. The van der Waals surface area contributed by atoms with Crippen LogP contribution in [0.2, 0.25) is 0 Å². The second kappa shape index (κ2) is 6.72. The van der Waals surface area contributed by atoms with Crippen LogP contribution in [-0.2, 0) is 0 Å². The maximum atomic E-state index is 9.24. The lowest BCUT2D eigenvalue weighted by Crippen LogP contribution is -2.08. The number of rotatable bonds is 6. The van der Waals surface area contributed by atoms with E-state index in [2.05, 4.69) is 33.4 Å². The smallest absolute Gasteiger partial charge is 0.0628 e. The fourth-order valence-electron chi connectivity index (χ4n) is 1.30. The SMILES string of the molecule is CC(C)(C)CCCCCC(O)CS. The summed E-state index contributed by atoms with van der Waals surface area (Å²) < 4.78 is 0. The van der Waals surface area contributed by atoms with Gasteiger partial charge in [-0.25, -0.2) is 0 Å². The van der Waals surface area contributed by atoms with Gasteiger partial charge in [-0.3, -0.25) is 0 Å². The van der Waals surface area contributed by atoms with Gasteiger partial charge in [0.1, 0.15) is 0 Å². The van der Waals surface area contributed by atoms with Crippen LogP contribution in [0.1, 0.15) is 52.9 Å². The van der Waals surface area contributed by atoms with Gasteiger partial charge in [-0.05, 0) is 18.3 Å². The molecule has 0 aromatic carbocycles. The van der Waals surface area contributed by atoms with Crippen molar-refractivity contribution in [1.29, 1.82) is 0 Å². The number of hydrogen-bond acceptors (Lipinski definition) is 2. The summed E-state index contributed by atoms with van der Waals surface area (Å²) in [5, 5.41) is 9.24. The summed E-state index contributed by atoms with van der Waals surface area (Å²) in [5.74, 6) is 0.596. The largest absolute Gasteiger partial charge is 0.392 e. The van der Waals surface area contributed by atoms with Crippen molar-refractivity contribution in [2.24, 2.45) is 5.41 Å². The van der Waals surface area contributed by atoms with E-state index >= 15 is 0 Å². The summed E-state index contributed by atoms with van der Waals surface area (Å²) in [5.41, 5.74) is 0.460. The maximum Gasteiger partial charge on any atom is 0.0628 e. The van der Waals surface area contributed by atoms with Crippen molar-refractivity contribution in [2.75, 3.05) is 5.75 Å². The van der Waals surface area contributed by atoms with E-state index in [1.165, 1.54) is 19.3 Å². The summed E-state index contributed by atoms with van der Waals surface area (Å²) in [4.78, 5) is 0. The lowest BCUT2D eigenvalue weighted by Gasteiger charge is -2.17. The zero-order valence-corrected chi connectivity index (χ0v) is 10.1. The fraction of sp³-hybridized carbons (Fsp3) is 1.00. The van der Waals surface area contributed by atoms with E-state index in [0.29, 0.717) is 11.2 Å². The molecule has 0 rings (SSSR count). The summed E-state index contributed by atoms with van der Waals surface area (Å²) in [7, 11) is 0. The molecule has 0 bridgehead atoms. The van der Waals surface area contributed by atoms with Gasteiger partial charge in [0.2, 0.25) is 0 Å². The molecule has 0 heterocycles. The molecule has 13 heavy (non-hydrogen) atoms. The highest BCUT2D eigenvalue weighted by Gasteiger charge is 2.09. The summed E-state index contributed by atoms with van der Waals surface area (Å²) >= 11 is 4.04. The molecular formula is C11H24OS. The highest BCUT2D eigenvalue weighted by atomic mass is 32.1. The first-order chi connectivity index (χ1) is 5.95. The molecule has 0 spiro atoms. The second-order valence-electron chi connectivity index (χ2n) is 5.00. The minimum absolute atomic E-state index is 0.196. The van der Waals surface area contributed by atoms with Crippen LogP contribution in [0.25, 0.3) is 0 Å². The van der Waals surface area contributed by atoms with Crippen molar-refractivity contribution < 1.29 is 5.11 Å². The van der Waals surface area contributed by atoms with Crippen LogP contribution in [0.3, 0.4) is 0 Å². The zero-order valence-electron chi connectivity index (χ0n) is 9.21. The number of aliphatic hydroxyl groups is 1. The van der Waals surface area contributed by atoms with Crippen molar-refractivity contribution in [3.63, 3.8) is 0 Å². The predicted octanol–water partition coefficient (Wildman–Crippen LogP) is 3.27. The number of hydrogen-bond donors (Lipinski definition) is 2. The molecule has 0 fully saturated rings. The highest BCUT2D eigenvalue weighted by molar-refractivity contribution is 7.80. The van der Waals surface area contributed by atoms with Crippen LogP contribution in [0.5, 0.6) is 0 Å². The van der Waals surface area contributed by atoms with Gasteiger partial charge < -0.3 is 5.11 Å². The van der Waals surface area contributed by atoms with Crippen LogP contribution in [-0.4, -0.2) is 17.0 Å². The van der Waals surface area contributed by atoms with Crippen molar-refractivity contribution >= 4 is 12.6 Å². The van der Waals surface area contributed by atoms with Gasteiger partial charge in [0.15, 0.2) is 0 Å². The van der Waals surface area contributed by atoms with Gasteiger partial charge >= 0.3 is 0 Å². The molecule has 0 amide bonds. The second-order valence-corrected chi connectivity index (χ2v) is 5.36. The van der Waals surface area contributed by atoms with Gasteiger partial charge in [-0.2, -0.15) is 12.6 Å². The third-order valence-electron chi connectivity index (χ3n) is 2.17. The van der Waals surface area contributed by atoms with E-state index in [0.717, 1.165) is 12.8 Å². The van der Waals surface area contributed by atoms with E-state index in [1.807, 2.05) is 0 Å². The molecule has 1 atom stereocenters. The Labute approximate surface area is 88.3 Å². The van der Waals surface area contributed by atoms with Crippen molar-refractivity contribution in [3.8, 4) is 0 Å². The first-order valence-corrected chi connectivity index (χ1v) is 5.88. The topological polar surface area (TPSA) is 20.2 Å². The Morgan fingerprint density at radius 2 is 1.77 bits per heavy atom. The standard InChI is InChI=1S/C11H24OS/c1-11(2,3)8-6-4-5-7-10(12)9-13/h10,12-13H,4-9H2,1-3H3. The summed E-state index contributed by atoms with van der Waals surface area (Å²) in [6, 6.07) is 0. The van der Waals surface area contributed by atoms with Gasteiger partial charge in [0.25, 0.3) is 0 Å². The molecule has 0 aliphatic carbocycles. The third kappa shape index (κ3) is 10.2. The first-order valence-electron chi connectivity index (χ1n) is 5.24. The number of thiol groups is 1. The van der Waals surface area contributed by atoms with Gasteiger partial charge in [-0.15, -0.1) is 0 Å². The Morgan fingerprint density at radius 1 is 1.15 bits per heavy atom. The minimum Gasteiger partial charge on any atom is -0.392 e. The van der Waals surface area contributed by atoms with Crippen molar-refractivity contribution in [3.05, 3.63) is 0 Å². The molecule has 0 aliphatic heterocycles. The monoisotopic (exact) mass is 204 g/mol. The Morgan fingerprint density at radius 3 is 2.23 bits per heavy atom. The molecule has 1 unspecified atom stereocenters. The molecule has 0 saturated carbocycles. The average molecular weight is 204 g/mol. The Hall–Kier alpha value is 0.310. The van der Waals surface area contributed by atoms with Gasteiger partial charge in [0, 0.05) is 5.75 Å². The van der Waals surface area contributed by atoms with Crippen LogP contribution in [0.15, 0.2) is 0 Å². The van der Waals surface area contributed by atoms with Crippen LogP contribution in [0.4, 0.5) is 0 Å². The Bertz CT molecular complexity index is 118. The molecule has 0 saturated heterocycles. The van der Waals surface area contributed by atoms with Gasteiger partial charge in [-0.1, -0.05) is 40.0 Å². The molecule has 0 aromatic heterocycles. The van der Waals surface area contributed by atoms with Crippen LogP contribution in [0, 0.1) is 5.41 Å². The molecule has 0 aliphatic rings. The zero-order chi connectivity index (χ0) is 10.3. The molecule has 1 N–H and O–H groups in total. The van der Waals surface area contributed by atoms with E-state index in [9.17, 15) is 5.11 Å². The molecule has 0 aromatic rings. The van der Waals surface area contributed by atoms with Gasteiger partial charge in [0.05, 0.1) is 6.10 Å². The fourth-order valence-corrected chi connectivity index (χ4v) is 1.49. The summed E-state index contributed by atoms with van der Waals surface area (Å²) in [6.45, 7) is 6.82. The van der Waals surface area contributed by atoms with Crippen LogP contribution < -0.4 is 0 Å². The minimum atomic E-state index is -0.196. The average Bonchev–Trinajstić information content (AvgIpc) is 2.01. The number of aliphatic hydroxyl groups excluding tert-OH is 1. The number of unbranched alkanes of at least 4 members (excludes halogenated alkanes) is 2. The summed E-state index contributed by atoms with van der Waals surface area (Å²) in [6.07, 6.45) is 5.65. The van der Waals surface area contributed by atoms with Crippen molar-refractivity contribution in [1.82, 2.24) is 0 Å². The lowest BCUT2D eigenvalue weighted by atomic mass is 9.89. The van der Waals surface area contributed by atoms with E-state index < -0.39 is 0 Å². The highest BCUT2D eigenvalue weighted by Crippen LogP contribution is 2.22. The van der Waals surface area contributed by atoms with E-state index in [4.69, 9.17) is 0 Å². The van der Waals surface area contributed by atoms with E-state index in [-0.39, 0.29) is 6.10 Å². The molecular weight excluding hydrogens is 180 g/mol. The van der Waals surface area contributed by atoms with Crippen molar-refractivity contribution in [2.45, 2.75) is 59.0 Å². The third-order valence-corrected chi connectivity index (χ3v) is 2.60. The molecule has 2 heteroatoms. The Balaban J connectivity index is 3.18. The quantitative estimate of drug-likeness (QED) is 0.502. The predicted molar refractivity (Wildman–Crippen MR) is 62.4 cm³/mol. The lowest BCUT2D eigenvalue weighted by molar-refractivity contribution is 0.184. The normalized spacial score (nSPS) is 14.5. The van der Waals surface area contributed by atoms with Crippen LogP contribution >= 0.6 is 12.6 Å².